The van der Waals surface area contributed by atoms with Crippen molar-refractivity contribution in [3.05, 3.63) is 16.1 Å². The number of carbonyl (C=O) groups excluding carboxylic acids is 3. The third kappa shape index (κ3) is 3.50. The van der Waals surface area contributed by atoms with Crippen molar-refractivity contribution in [2.24, 2.45) is 0 Å². The zero-order valence-electron chi connectivity index (χ0n) is 10.3. The molecule has 2 heterocycles. The Labute approximate surface area is 113 Å². The van der Waals surface area contributed by atoms with Crippen LogP contribution in [0.5, 0.6) is 0 Å². The molecule has 1 aliphatic heterocycles. The average molecular weight is 283 g/mol. The van der Waals surface area contributed by atoms with Gasteiger partial charge in [0.1, 0.15) is 0 Å². The van der Waals surface area contributed by atoms with Crippen molar-refractivity contribution in [3.63, 3.8) is 0 Å². The molecule has 102 valence electrons. The first-order valence-electron chi connectivity index (χ1n) is 5.71. The number of hydrogen-bond acceptors (Lipinski definition) is 6. The topological polar surface area (TPSA) is 88.6 Å². The number of nitrogens with one attached hydrogen (secondary N) is 1. The van der Waals surface area contributed by atoms with Gasteiger partial charge in [0.25, 0.3) is 5.91 Å². The highest BCUT2D eigenvalue weighted by atomic mass is 32.1. The number of carbonyl (C=O) groups is 3. The van der Waals surface area contributed by atoms with E-state index in [4.69, 9.17) is 4.74 Å². The molecule has 1 saturated heterocycles. The third-order valence-corrected chi connectivity index (χ3v) is 3.33. The Bertz CT molecular complexity index is 514. The summed E-state index contributed by atoms with van der Waals surface area (Å²) in [6.07, 6.45) is 0.0316. The maximum absolute atomic E-state index is 11.6. The number of hydrogen-bond donors (Lipinski definition) is 1. The van der Waals surface area contributed by atoms with Crippen LogP contribution in [0.15, 0.2) is 5.38 Å². The Kier molecular flexibility index (Phi) is 4.10. The third-order valence-electron chi connectivity index (χ3n) is 2.51. The SMILES string of the molecule is Cc1nc(CC(=O)OCC(=O)N2CCNC2=O)cs1. The van der Waals surface area contributed by atoms with Crippen LogP contribution in [-0.4, -0.2) is 47.5 Å². The summed E-state index contributed by atoms with van der Waals surface area (Å²) in [4.78, 5) is 39.4. The minimum absolute atomic E-state index is 0.0316. The predicted molar refractivity (Wildman–Crippen MR) is 66.6 cm³/mol. The second-order valence-corrected chi connectivity index (χ2v) is 5.03. The van der Waals surface area contributed by atoms with Gasteiger partial charge in [-0.3, -0.25) is 14.5 Å². The van der Waals surface area contributed by atoms with E-state index in [9.17, 15) is 14.4 Å². The van der Waals surface area contributed by atoms with Crippen LogP contribution in [0, 0.1) is 6.92 Å². The molecule has 1 aromatic rings. The molecule has 0 aliphatic carbocycles. The summed E-state index contributed by atoms with van der Waals surface area (Å²) in [5.41, 5.74) is 0.624. The van der Waals surface area contributed by atoms with Crippen LogP contribution < -0.4 is 5.32 Å². The number of aryl methyl sites for hydroxylation is 1. The summed E-state index contributed by atoms with van der Waals surface area (Å²) in [7, 11) is 0. The summed E-state index contributed by atoms with van der Waals surface area (Å²) in [5.74, 6) is -1.05. The number of esters is 1. The molecule has 19 heavy (non-hydrogen) atoms. The van der Waals surface area contributed by atoms with E-state index < -0.39 is 24.5 Å². The second-order valence-electron chi connectivity index (χ2n) is 3.97. The Morgan fingerprint density at radius 1 is 1.58 bits per heavy atom. The number of thiazole rings is 1. The Morgan fingerprint density at radius 2 is 2.37 bits per heavy atom. The van der Waals surface area contributed by atoms with Gasteiger partial charge in [0, 0.05) is 18.5 Å². The van der Waals surface area contributed by atoms with Gasteiger partial charge in [0.15, 0.2) is 6.61 Å². The van der Waals surface area contributed by atoms with Crippen LogP contribution in [0.2, 0.25) is 0 Å². The van der Waals surface area contributed by atoms with E-state index >= 15 is 0 Å². The number of urea groups is 1. The highest BCUT2D eigenvalue weighted by molar-refractivity contribution is 7.09. The maximum atomic E-state index is 11.6. The van der Waals surface area contributed by atoms with Gasteiger partial charge >= 0.3 is 12.0 Å². The Morgan fingerprint density at radius 3 is 2.95 bits per heavy atom. The highest BCUT2D eigenvalue weighted by Crippen LogP contribution is 2.09. The lowest BCUT2D eigenvalue weighted by Crippen LogP contribution is -2.37. The molecular weight excluding hydrogens is 270 g/mol. The van der Waals surface area contributed by atoms with Crippen LogP contribution in [0.1, 0.15) is 10.7 Å². The molecule has 0 spiro atoms. The first-order valence-corrected chi connectivity index (χ1v) is 6.59. The number of amides is 3. The summed E-state index contributed by atoms with van der Waals surface area (Å²) in [6, 6.07) is -0.448. The fraction of sp³-hybridized carbons (Fsp3) is 0.455. The molecular formula is C11H13N3O4S. The monoisotopic (exact) mass is 283 g/mol. The zero-order chi connectivity index (χ0) is 13.8. The quantitative estimate of drug-likeness (QED) is 0.791. The summed E-state index contributed by atoms with van der Waals surface area (Å²) >= 11 is 1.44. The van der Waals surface area contributed by atoms with E-state index in [1.165, 1.54) is 11.3 Å². The first-order chi connectivity index (χ1) is 9.06. The van der Waals surface area contributed by atoms with Gasteiger partial charge < -0.3 is 10.1 Å². The molecule has 0 bridgehead atoms. The van der Waals surface area contributed by atoms with Crippen molar-refractivity contribution in [1.29, 1.82) is 0 Å². The van der Waals surface area contributed by atoms with Crippen LogP contribution in [-0.2, 0) is 20.7 Å². The predicted octanol–water partition coefficient (Wildman–Crippen LogP) is 0.0890. The number of nitrogens with zero attached hydrogens (tertiary/aromatic N) is 2. The fourth-order valence-electron chi connectivity index (χ4n) is 1.62. The summed E-state index contributed by atoms with van der Waals surface area (Å²) < 4.78 is 4.83. The summed E-state index contributed by atoms with van der Waals surface area (Å²) in [6.45, 7) is 2.15. The molecule has 1 N–H and O–H groups in total. The molecule has 0 atom stereocenters. The second kappa shape index (κ2) is 5.79. The van der Waals surface area contributed by atoms with Crippen LogP contribution in [0.4, 0.5) is 4.79 Å². The van der Waals surface area contributed by atoms with Crippen molar-refractivity contribution >= 4 is 29.2 Å². The van der Waals surface area contributed by atoms with Gasteiger partial charge in [0.05, 0.1) is 17.1 Å². The number of rotatable bonds is 4. The normalized spacial score (nSPS) is 14.4. The van der Waals surface area contributed by atoms with E-state index in [-0.39, 0.29) is 6.42 Å². The van der Waals surface area contributed by atoms with Gasteiger partial charge in [-0.1, -0.05) is 0 Å². The van der Waals surface area contributed by atoms with Gasteiger partial charge in [-0.25, -0.2) is 9.78 Å². The van der Waals surface area contributed by atoms with E-state index in [2.05, 4.69) is 10.3 Å². The van der Waals surface area contributed by atoms with Crippen molar-refractivity contribution < 1.29 is 19.1 Å². The smallest absolute Gasteiger partial charge is 0.324 e. The van der Waals surface area contributed by atoms with E-state index in [1.54, 1.807) is 5.38 Å². The molecule has 1 aromatic heterocycles. The van der Waals surface area contributed by atoms with Crippen LogP contribution in [0.25, 0.3) is 0 Å². The van der Waals surface area contributed by atoms with E-state index in [0.717, 1.165) is 9.91 Å². The maximum Gasteiger partial charge on any atom is 0.324 e. The van der Waals surface area contributed by atoms with Crippen molar-refractivity contribution in [2.45, 2.75) is 13.3 Å². The average Bonchev–Trinajstić information content (AvgIpc) is 2.95. The van der Waals surface area contributed by atoms with Crippen molar-refractivity contribution in [3.8, 4) is 0 Å². The number of aromatic nitrogens is 1. The first kappa shape index (κ1) is 13.5. The fourth-order valence-corrected chi connectivity index (χ4v) is 2.23. The van der Waals surface area contributed by atoms with Gasteiger partial charge in [-0.2, -0.15) is 0 Å². The minimum atomic E-state index is -0.529. The Hall–Kier alpha value is -1.96. The molecule has 8 heteroatoms. The molecule has 7 nitrogen and oxygen atoms in total. The van der Waals surface area contributed by atoms with E-state index in [1.807, 2.05) is 6.92 Å². The molecule has 2 rings (SSSR count). The van der Waals surface area contributed by atoms with Gasteiger partial charge in [-0.05, 0) is 6.92 Å². The van der Waals surface area contributed by atoms with Crippen LogP contribution >= 0.6 is 11.3 Å². The van der Waals surface area contributed by atoms with E-state index in [0.29, 0.717) is 18.8 Å². The van der Waals surface area contributed by atoms with Crippen LogP contribution in [0.3, 0.4) is 0 Å². The molecule has 0 unspecified atom stereocenters. The van der Waals surface area contributed by atoms with Gasteiger partial charge in [-0.15, -0.1) is 11.3 Å². The number of ether oxygens (including phenoxy) is 1. The zero-order valence-corrected chi connectivity index (χ0v) is 11.2. The largest absolute Gasteiger partial charge is 0.455 e. The highest BCUT2D eigenvalue weighted by Gasteiger charge is 2.26. The number of imide groups is 1. The molecule has 1 aliphatic rings. The standard InChI is InChI=1S/C11H13N3O4S/c1-7-13-8(6-19-7)4-10(16)18-5-9(15)14-3-2-12-11(14)17/h6H,2-5H2,1H3,(H,12,17). The van der Waals surface area contributed by atoms with Crippen molar-refractivity contribution in [2.75, 3.05) is 19.7 Å². The molecule has 3 amide bonds. The molecule has 0 saturated carbocycles. The molecule has 0 aromatic carbocycles. The van der Waals surface area contributed by atoms with Crippen molar-refractivity contribution in [1.82, 2.24) is 15.2 Å². The molecule has 1 fully saturated rings. The minimum Gasteiger partial charge on any atom is -0.455 e. The lowest BCUT2D eigenvalue weighted by molar-refractivity contribution is -0.150. The lowest BCUT2D eigenvalue weighted by Gasteiger charge is -2.11. The molecule has 0 radical (unpaired) electrons. The summed E-state index contributed by atoms with van der Waals surface area (Å²) in [5, 5.41) is 5.14. The van der Waals surface area contributed by atoms with Gasteiger partial charge in [0.2, 0.25) is 0 Å². The lowest BCUT2D eigenvalue weighted by atomic mass is 10.3. The Balaban J connectivity index is 1.77.